The third-order valence-electron chi connectivity index (χ3n) is 4.10. The molecule has 0 bridgehead atoms. The Hall–Kier alpha value is -3.01. The maximum Gasteiger partial charge on any atom is 0.166 e. The van der Waals surface area contributed by atoms with Gasteiger partial charge in [0.25, 0.3) is 0 Å². The first-order valence-corrected chi connectivity index (χ1v) is 7.38. The van der Waals surface area contributed by atoms with Gasteiger partial charge >= 0.3 is 0 Å². The van der Waals surface area contributed by atoms with E-state index in [0.29, 0.717) is 5.69 Å². The lowest BCUT2D eigenvalue weighted by atomic mass is 10.0. The number of rotatable bonds is 3. The Bertz CT molecular complexity index is 865. The van der Waals surface area contributed by atoms with Gasteiger partial charge < -0.3 is 14.0 Å². The van der Waals surface area contributed by atoms with Gasteiger partial charge in [-0.15, -0.1) is 0 Å². The number of carbonyl (C=O) groups is 1. The third kappa shape index (κ3) is 2.11. The number of para-hydroxylation sites is 2. The van der Waals surface area contributed by atoms with Crippen molar-refractivity contribution in [2.75, 3.05) is 7.11 Å². The maximum absolute atomic E-state index is 11.4. The molecule has 4 rings (SSSR count). The Kier molecular flexibility index (Phi) is 3.15. The van der Waals surface area contributed by atoms with Crippen LogP contribution in [0.25, 0.3) is 5.69 Å². The zero-order chi connectivity index (χ0) is 15.8. The SMILES string of the molecule is COc1ccc(C2Oc3ccccc3-n3c(C=O)ccc32)cc1. The van der Waals surface area contributed by atoms with Crippen LogP contribution in [0.3, 0.4) is 0 Å². The fourth-order valence-corrected chi connectivity index (χ4v) is 2.99. The molecule has 2 aromatic carbocycles. The molecular weight excluding hydrogens is 290 g/mol. The van der Waals surface area contributed by atoms with Crippen molar-refractivity contribution in [1.29, 1.82) is 0 Å². The summed E-state index contributed by atoms with van der Waals surface area (Å²) in [6.45, 7) is 0. The van der Waals surface area contributed by atoms with E-state index < -0.39 is 0 Å². The topological polar surface area (TPSA) is 40.5 Å². The van der Waals surface area contributed by atoms with Crippen LogP contribution in [-0.2, 0) is 0 Å². The Morgan fingerprint density at radius 2 is 1.83 bits per heavy atom. The van der Waals surface area contributed by atoms with Crippen molar-refractivity contribution >= 4 is 6.29 Å². The number of aldehydes is 1. The van der Waals surface area contributed by atoms with Crippen LogP contribution in [0.5, 0.6) is 11.5 Å². The summed E-state index contributed by atoms with van der Waals surface area (Å²) in [5.41, 5.74) is 3.46. The highest BCUT2D eigenvalue weighted by molar-refractivity contribution is 5.75. The second-order valence-corrected chi connectivity index (χ2v) is 5.38. The Balaban J connectivity index is 1.87. The van der Waals surface area contributed by atoms with E-state index in [1.54, 1.807) is 7.11 Å². The first kappa shape index (κ1) is 13.6. The summed E-state index contributed by atoms with van der Waals surface area (Å²) >= 11 is 0. The van der Waals surface area contributed by atoms with Crippen LogP contribution < -0.4 is 9.47 Å². The number of aromatic nitrogens is 1. The molecule has 4 heteroatoms. The van der Waals surface area contributed by atoms with E-state index in [-0.39, 0.29) is 6.10 Å². The third-order valence-corrected chi connectivity index (χ3v) is 4.10. The minimum Gasteiger partial charge on any atom is -0.497 e. The van der Waals surface area contributed by atoms with E-state index in [1.807, 2.05) is 65.2 Å². The fraction of sp³-hybridized carbons (Fsp3) is 0.105. The average Bonchev–Trinajstić information content (AvgIpc) is 3.05. The summed E-state index contributed by atoms with van der Waals surface area (Å²) in [5, 5.41) is 0. The summed E-state index contributed by atoms with van der Waals surface area (Å²) in [6.07, 6.45) is 0.612. The predicted octanol–water partition coefficient (Wildman–Crippen LogP) is 3.78. The van der Waals surface area contributed by atoms with Crippen molar-refractivity contribution in [3.63, 3.8) is 0 Å². The van der Waals surface area contributed by atoms with E-state index in [9.17, 15) is 4.79 Å². The summed E-state index contributed by atoms with van der Waals surface area (Å²) < 4.78 is 13.4. The van der Waals surface area contributed by atoms with Crippen LogP contribution in [-0.4, -0.2) is 18.0 Å². The summed E-state index contributed by atoms with van der Waals surface area (Å²) in [7, 11) is 1.64. The summed E-state index contributed by atoms with van der Waals surface area (Å²) in [6, 6.07) is 19.3. The molecule has 0 N–H and O–H groups in total. The molecule has 0 fully saturated rings. The molecule has 2 heterocycles. The summed E-state index contributed by atoms with van der Waals surface area (Å²) in [4.78, 5) is 11.4. The molecule has 0 saturated heterocycles. The van der Waals surface area contributed by atoms with Crippen molar-refractivity contribution < 1.29 is 14.3 Å². The van der Waals surface area contributed by atoms with Gasteiger partial charge in [0.15, 0.2) is 12.4 Å². The van der Waals surface area contributed by atoms with Gasteiger partial charge in [0.05, 0.1) is 24.2 Å². The highest BCUT2D eigenvalue weighted by Crippen LogP contribution is 2.40. The zero-order valence-corrected chi connectivity index (χ0v) is 12.6. The number of benzene rings is 2. The second-order valence-electron chi connectivity index (χ2n) is 5.38. The van der Waals surface area contributed by atoms with Gasteiger partial charge in [-0.25, -0.2) is 0 Å². The Morgan fingerprint density at radius 3 is 2.57 bits per heavy atom. The number of carbonyl (C=O) groups excluding carboxylic acids is 1. The predicted molar refractivity (Wildman–Crippen MR) is 86.6 cm³/mol. The van der Waals surface area contributed by atoms with Crippen molar-refractivity contribution in [2.24, 2.45) is 0 Å². The monoisotopic (exact) mass is 305 g/mol. The van der Waals surface area contributed by atoms with Crippen LogP contribution >= 0.6 is 0 Å². The van der Waals surface area contributed by atoms with Gasteiger partial charge in [-0.2, -0.15) is 0 Å². The van der Waals surface area contributed by atoms with Gasteiger partial charge in [0.1, 0.15) is 11.5 Å². The fourth-order valence-electron chi connectivity index (χ4n) is 2.99. The lowest BCUT2D eigenvalue weighted by Gasteiger charge is -2.29. The second kappa shape index (κ2) is 5.32. The van der Waals surface area contributed by atoms with E-state index >= 15 is 0 Å². The highest BCUT2D eigenvalue weighted by atomic mass is 16.5. The van der Waals surface area contributed by atoms with Crippen LogP contribution in [0.2, 0.25) is 0 Å². The minimum absolute atomic E-state index is 0.260. The molecule has 1 aliphatic heterocycles. The molecule has 4 nitrogen and oxygen atoms in total. The quantitative estimate of drug-likeness (QED) is 0.691. The van der Waals surface area contributed by atoms with Gasteiger partial charge in [-0.3, -0.25) is 4.79 Å². The molecule has 23 heavy (non-hydrogen) atoms. The number of ether oxygens (including phenoxy) is 2. The van der Waals surface area contributed by atoms with E-state index in [0.717, 1.165) is 34.7 Å². The first-order valence-electron chi connectivity index (χ1n) is 7.38. The standard InChI is InChI=1S/C19H15NO3/c1-22-15-9-6-13(7-10-15)19-17-11-8-14(12-21)20(17)16-4-2-3-5-18(16)23-19/h2-12,19H,1H3. The number of nitrogens with zero attached hydrogens (tertiary/aromatic N) is 1. The highest BCUT2D eigenvalue weighted by Gasteiger charge is 2.28. The van der Waals surface area contributed by atoms with Gasteiger partial charge in [0.2, 0.25) is 0 Å². The number of methoxy groups -OCH3 is 1. The lowest BCUT2D eigenvalue weighted by molar-refractivity contribution is 0.111. The molecule has 114 valence electrons. The lowest BCUT2D eigenvalue weighted by Crippen LogP contribution is -2.20. The Morgan fingerprint density at radius 1 is 1.04 bits per heavy atom. The van der Waals surface area contributed by atoms with Crippen molar-refractivity contribution in [2.45, 2.75) is 6.10 Å². The van der Waals surface area contributed by atoms with E-state index in [4.69, 9.17) is 9.47 Å². The van der Waals surface area contributed by atoms with Gasteiger partial charge in [-0.05, 0) is 42.0 Å². The molecule has 0 radical (unpaired) electrons. The van der Waals surface area contributed by atoms with Crippen LogP contribution in [0.4, 0.5) is 0 Å². The van der Waals surface area contributed by atoms with Crippen molar-refractivity contribution in [3.05, 3.63) is 77.6 Å². The normalized spacial score (nSPS) is 15.3. The molecule has 0 aliphatic carbocycles. The minimum atomic E-state index is -0.260. The van der Waals surface area contributed by atoms with E-state index in [2.05, 4.69) is 0 Å². The maximum atomic E-state index is 11.4. The molecule has 1 unspecified atom stereocenters. The van der Waals surface area contributed by atoms with Crippen LogP contribution in [0, 0.1) is 0 Å². The molecule has 1 aliphatic rings. The number of hydrogen-bond acceptors (Lipinski definition) is 3. The zero-order valence-electron chi connectivity index (χ0n) is 12.6. The molecule has 3 aromatic rings. The molecular formula is C19H15NO3. The number of fused-ring (bicyclic) bond motifs is 3. The largest absolute Gasteiger partial charge is 0.497 e. The smallest absolute Gasteiger partial charge is 0.166 e. The van der Waals surface area contributed by atoms with Crippen LogP contribution in [0.15, 0.2) is 60.7 Å². The molecule has 0 amide bonds. The van der Waals surface area contributed by atoms with Crippen LogP contribution in [0.1, 0.15) is 27.8 Å². The molecule has 1 atom stereocenters. The first-order chi connectivity index (χ1) is 11.3. The van der Waals surface area contributed by atoms with E-state index in [1.165, 1.54) is 0 Å². The van der Waals surface area contributed by atoms with Gasteiger partial charge in [0, 0.05) is 0 Å². The molecule has 0 saturated carbocycles. The number of hydrogen-bond donors (Lipinski definition) is 0. The molecule has 1 aromatic heterocycles. The molecule has 0 spiro atoms. The van der Waals surface area contributed by atoms with Crippen molar-refractivity contribution in [3.8, 4) is 17.2 Å². The van der Waals surface area contributed by atoms with Crippen molar-refractivity contribution in [1.82, 2.24) is 4.57 Å². The summed E-state index contributed by atoms with van der Waals surface area (Å²) in [5.74, 6) is 1.56. The van der Waals surface area contributed by atoms with Gasteiger partial charge in [-0.1, -0.05) is 24.3 Å². The Labute approximate surface area is 133 Å². The average molecular weight is 305 g/mol.